The largest absolute Gasteiger partial charge is 0.490 e. The number of hydrogen-bond acceptors (Lipinski definition) is 4. The molecule has 0 unspecified atom stereocenters. The second-order valence-corrected chi connectivity index (χ2v) is 9.99. The third kappa shape index (κ3) is 7.32. The first-order chi connectivity index (χ1) is 17.5. The van der Waals surface area contributed by atoms with Crippen LogP contribution in [0.25, 0.3) is 22.2 Å². The topological polar surface area (TPSA) is 54.5 Å². The number of fused-ring (bicyclic) bond motifs is 1. The molecule has 1 N–H and O–H groups in total. The number of ether oxygens (including phenoxy) is 1. The van der Waals surface area contributed by atoms with E-state index in [0.29, 0.717) is 54.0 Å². The summed E-state index contributed by atoms with van der Waals surface area (Å²) in [6.45, 7) is 3.47. The molecule has 3 aromatic rings. The van der Waals surface area contributed by atoms with E-state index in [1.165, 1.54) is 17.0 Å². The van der Waals surface area contributed by atoms with Crippen molar-refractivity contribution in [2.24, 2.45) is 0 Å². The molecule has 0 saturated carbocycles. The van der Waals surface area contributed by atoms with Crippen molar-refractivity contribution in [2.75, 3.05) is 19.6 Å². The zero-order valence-electron chi connectivity index (χ0n) is 20.5. The number of piperidine rings is 1. The molecular weight excluding hydrogens is 510 g/mol. The average molecular weight is 538 g/mol. The van der Waals surface area contributed by atoms with E-state index in [2.05, 4.69) is 5.32 Å². The summed E-state index contributed by atoms with van der Waals surface area (Å²) in [6.07, 6.45) is -3.34. The molecule has 0 radical (unpaired) electrons. The molecule has 0 bridgehead atoms. The summed E-state index contributed by atoms with van der Waals surface area (Å²) in [4.78, 5) is 18.7. The van der Waals surface area contributed by atoms with Crippen molar-refractivity contribution < 1.29 is 27.1 Å². The fourth-order valence-corrected chi connectivity index (χ4v) is 4.66. The van der Waals surface area contributed by atoms with E-state index < -0.39 is 18.5 Å². The van der Waals surface area contributed by atoms with Crippen molar-refractivity contribution in [1.82, 2.24) is 15.2 Å². The van der Waals surface area contributed by atoms with Gasteiger partial charge in [-0.2, -0.15) is 13.2 Å². The zero-order valence-corrected chi connectivity index (χ0v) is 21.3. The normalized spacial score (nSPS) is 15.4. The first-order valence-corrected chi connectivity index (χ1v) is 12.5. The molecule has 1 aliphatic rings. The SMILES string of the molecule is CC(C)NC(=O)Cc1cc2cc(OC3CCN(CC(F)(F)F)CC3)ccc2nc1-c1ccc(F)c(Cl)c1. The van der Waals surface area contributed by atoms with Gasteiger partial charge in [-0.25, -0.2) is 9.37 Å². The van der Waals surface area contributed by atoms with Gasteiger partial charge in [0, 0.05) is 30.1 Å². The van der Waals surface area contributed by atoms with E-state index in [-0.39, 0.29) is 29.5 Å². The van der Waals surface area contributed by atoms with Gasteiger partial charge < -0.3 is 10.1 Å². The van der Waals surface area contributed by atoms with E-state index in [1.54, 1.807) is 18.2 Å². The maximum atomic E-state index is 13.8. The van der Waals surface area contributed by atoms with Crippen LogP contribution in [0, 0.1) is 5.82 Å². The molecule has 1 aromatic heterocycles. The van der Waals surface area contributed by atoms with Gasteiger partial charge in [-0.15, -0.1) is 0 Å². The minimum Gasteiger partial charge on any atom is -0.490 e. The van der Waals surface area contributed by atoms with Crippen molar-refractivity contribution in [3.8, 4) is 17.0 Å². The minimum absolute atomic E-state index is 0.0350. The second kappa shape index (κ2) is 11.2. The summed E-state index contributed by atoms with van der Waals surface area (Å²) in [5.74, 6) is -0.140. The van der Waals surface area contributed by atoms with E-state index in [1.807, 2.05) is 26.0 Å². The molecule has 5 nitrogen and oxygen atoms in total. The Morgan fingerprint density at radius 2 is 1.89 bits per heavy atom. The van der Waals surface area contributed by atoms with Crippen molar-refractivity contribution in [3.05, 3.63) is 58.9 Å². The molecule has 10 heteroatoms. The summed E-state index contributed by atoms with van der Waals surface area (Å²) in [6, 6.07) is 11.5. The number of rotatable bonds is 7. The van der Waals surface area contributed by atoms with Gasteiger partial charge in [0.1, 0.15) is 17.7 Å². The van der Waals surface area contributed by atoms with Gasteiger partial charge in [0.2, 0.25) is 5.91 Å². The fraction of sp³-hybridized carbons (Fsp3) is 0.407. The lowest BCUT2D eigenvalue weighted by atomic mass is 10.00. The van der Waals surface area contributed by atoms with Gasteiger partial charge in [-0.3, -0.25) is 9.69 Å². The molecule has 198 valence electrons. The monoisotopic (exact) mass is 537 g/mol. The Morgan fingerprint density at radius 1 is 1.16 bits per heavy atom. The maximum Gasteiger partial charge on any atom is 0.401 e. The minimum atomic E-state index is -4.21. The molecule has 1 amide bonds. The molecule has 1 fully saturated rings. The molecule has 0 aliphatic carbocycles. The third-order valence-corrected chi connectivity index (χ3v) is 6.39. The number of alkyl halides is 3. The Kier molecular flexibility index (Phi) is 8.23. The van der Waals surface area contributed by atoms with Gasteiger partial charge in [0.25, 0.3) is 0 Å². The number of aromatic nitrogens is 1. The standard InChI is InChI=1S/C27H28ClF4N3O2/c1-16(2)33-25(36)14-19-11-18-12-21(37-20-7-9-35(10-8-20)15-27(30,31)32)4-6-24(18)34-26(19)17-3-5-23(29)22(28)13-17/h3-6,11-13,16,20H,7-10,14-15H2,1-2H3,(H,33,36). The van der Waals surface area contributed by atoms with Crippen molar-refractivity contribution in [3.63, 3.8) is 0 Å². The van der Waals surface area contributed by atoms with E-state index >= 15 is 0 Å². The third-order valence-electron chi connectivity index (χ3n) is 6.10. The number of nitrogens with zero attached hydrogens (tertiary/aromatic N) is 2. The van der Waals surface area contributed by atoms with Crippen molar-refractivity contribution in [1.29, 1.82) is 0 Å². The van der Waals surface area contributed by atoms with Crippen LogP contribution < -0.4 is 10.1 Å². The summed E-state index contributed by atoms with van der Waals surface area (Å²) < 4.78 is 57.8. The molecule has 0 spiro atoms. The molecule has 2 aromatic carbocycles. The Labute approximate surface area is 217 Å². The van der Waals surface area contributed by atoms with E-state index in [9.17, 15) is 22.4 Å². The summed E-state index contributed by atoms with van der Waals surface area (Å²) in [7, 11) is 0. The number of amides is 1. The van der Waals surface area contributed by atoms with Crippen LogP contribution in [0.4, 0.5) is 17.6 Å². The van der Waals surface area contributed by atoms with E-state index in [0.717, 1.165) is 5.39 Å². The smallest absolute Gasteiger partial charge is 0.401 e. The molecule has 4 rings (SSSR count). The number of benzene rings is 2. The Balaban J connectivity index is 1.58. The maximum absolute atomic E-state index is 13.8. The first kappa shape index (κ1) is 27.1. The van der Waals surface area contributed by atoms with Gasteiger partial charge in [0.15, 0.2) is 0 Å². The molecule has 1 saturated heterocycles. The average Bonchev–Trinajstić information content (AvgIpc) is 2.80. The van der Waals surface area contributed by atoms with Crippen LogP contribution in [0.1, 0.15) is 32.3 Å². The lowest BCUT2D eigenvalue weighted by Crippen LogP contribution is -2.42. The van der Waals surface area contributed by atoms with Crippen LogP contribution >= 0.6 is 11.6 Å². The van der Waals surface area contributed by atoms with E-state index in [4.69, 9.17) is 21.3 Å². The van der Waals surface area contributed by atoms with Gasteiger partial charge in [-0.05, 0) is 74.7 Å². The van der Waals surface area contributed by atoms with Crippen molar-refractivity contribution >= 4 is 28.4 Å². The lowest BCUT2D eigenvalue weighted by molar-refractivity contribution is -0.149. The van der Waals surface area contributed by atoms with Gasteiger partial charge in [-0.1, -0.05) is 11.6 Å². The summed E-state index contributed by atoms with van der Waals surface area (Å²) in [5.41, 5.74) is 2.41. The van der Waals surface area contributed by atoms with Crippen LogP contribution in [0.15, 0.2) is 42.5 Å². The highest BCUT2D eigenvalue weighted by Crippen LogP contribution is 2.31. The second-order valence-electron chi connectivity index (χ2n) is 9.59. The van der Waals surface area contributed by atoms with Gasteiger partial charge >= 0.3 is 6.18 Å². The summed E-state index contributed by atoms with van der Waals surface area (Å²) in [5, 5.41) is 3.58. The molecule has 2 heterocycles. The van der Waals surface area contributed by atoms with Crippen molar-refractivity contribution in [2.45, 2.75) is 51.4 Å². The summed E-state index contributed by atoms with van der Waals surface area (Å²) >= 11 is 6.01. The van der Waals surface area contributed by atoms with Gasteiger partial charge in [0.05, 0.1) is 29.2 Å². The Hall–Kier alpha value is -2.91. The number of carbonyl (C=O) groups excluding carboxylic acids is 1. The van der Waals surface area contributed by atoms with Crippen LogP contribution in [-0.2, 0) is 11.2 Å². The number of pyridine rings is 1. The highest BCUT2D eigenvalue weighted by molar-refractivity contribution is 6.31. The fourth-order valence-electron chi connectivity index (χ4n) is 4.48. The Morgan fingerprint density at radius 3 is 2.54 bits per heavy atom. The zero-order chi connectivity index (χ0) is 26.7. The highest BCUT2D eigenvalue weighted by Gasteiger charge is 2.33. The predicted molar refractivity (Wildman–Crippen MR) is 135 cm³/mol. The predicted octanol–water partition coefficient (Wildman–Crippen LogP) is 6.17. The highest BCUT2D eigenvalue weighted by atomic mass is 35.5. The quantitative estimate of drug-likeness (QED) is 0.366. The molecule has 37 heavy (non-hydrogen) atoms. The van der Waals surface area contributed by atoms with Crippen LogP contribution in [-0.4, -0.2) is 53.7 Å². The van der Waals surface area contributed by atoms with Crippen LogP contribution in [0.5, 0.6) is 5.75 Å². The number of hydrogen-bond donors (Lipinski definition) is 1. The number of likely N-dealkylation sites (tertiary alicyclic amines) is 1. The lowest BCUT2D eigenvalue weighted by Gasteiger charge is -2.32. The molecule has 0 atom stereocenters. The number of nitrogens with one attached hydrogen (secondary N) is 1. The van der Waals surface area contributed by atoms with Crippen LogP contribution in [0.2, 0.25) is 5.02 Å². The molecule has 1 aliphatic heterocycles. The molecular formula is C27H28ClF4N3O2. The number of carbonyl (C=O) groups is 1. The Bertz CT molecular complexity index is 1270. The van der Waals surface area contributed by atoms with Crippen LogP contribution in [0.3, 0.4) is 0 Å². The number of halogens is 5. The first-order valence-electron chi connectivity index (χ1n) is 12.1.